The van der Waals surface area contributed by atoms with Gasteiger partial charge in [-0.05, 0) is 71.6 Å². The third kappa shape index (κ3) is 3.73. The summed E-state index contributed by atoms with van der Waals surface area (Å²) in [6.07, 6.45) is 0.952. The number of anilines is 1. The average molecular weight is 398 g/mol. The van der Waals surface area contributed by atoms with Crippen molar-refractivity contribution in [2.75, 3.05) is 25.7 Å². The average Bonchev–Trinajstić information content (AvgIpc) is 2.73. The molecule has 0 bridgehead atoms. The lowest BCUT2D eigenvalue weighted by Gasteiger charge is -2.39. The number of fused-ring (bicyclic) bond motifs is 1. The lowest BCUT2D eigenvalue weighted by atomic mass is 9.87. The first-order valence-corrected chi connectivity index (χ1v) is 9.06. The van der Waals surface area contributed by atoms with Gasteiger partial charge in [0.1, 0.15) is 17.2 Å². The van der Waals surface area contributed by atoms with Crippen molar-refractivity contribution in [3.05, 3.63) is 83.4 Å². The van der Waals surface area contributed by atoms with Crippen LogP contribution in [0.2, 0.25) is 0 Å². The quantitative estimate of drug-likeness (QED) is 0.673. The van der Waals surface area contributed by atoms with E-state index in [4.69, 9.17) is 9.47 Å². The number of phenols is 1. The molecule has 28 heavy (non-hydrogen) atoms. The molecule has 3 aromatic carbocycles. The van der Waals surface area contributed by atoms with Gasteiger partial charge in [-0.2, -0.15) is 0 Å². The summed E-state index contributed by atoms with van der Waals surface area (Å²) in [5.41, 5.74) is 4.87. The standard InChI is InChI=1S/C23H23NO3.ClH/c1-26-20-9-5-18(6-10-20)24-14-13-17-15-21(27-2)11-12-22(17)23(24)16-3-7-19(25)8-4-16;/h3-12,15,23,25H,13-14H2,1-2H3;1H. The molecule has 0 saturated carbocycles. The van der Waals surface area contributed by atoms with Crippen molar-refractivity contribution < 1.29 is 14.6 Å². The molecule has 4 rings (SSSR count). The molecule has 1 atom stereocenters. The number of methoxy groups -OCH3 is 2. The summed E-state index contributed by atoms with van der Waals surface area (Å²) >= 11 is 0. The molecule has 4 nitrogen and oxygen atoms in total. The van der Waals surface area contributed by atoms with Gasteiger partial charge in [-0.15, -0.1) is 12.4 Å². The van der Waals surface area contributed by atoms with Gasteiger partial charge in [-0.1, -0.05) is 18.2 Å². The first-order valence-electron chi connectivity index (χ1n) is 9.06. The van der Waals surface area contributed by atoms with Crippen LogP contribution in [0.1, 0.15) is 22.7 Å². The third-order valence-corrected chi connectivity index (χ3v) is 5.19. The molecular weight excluding hydrogens is 374 g/mol. The van der Waals surface area contributed by atoms with E-state index in [-0.39, 0.29) is 24.2 Å². The van der Waals surface area contributed by atoms with Crippen LogP contribution in [-0.4, -0.2) is 25.9 Å². The van der Waals surface area contributed by atoms with Gasteiger partial charge in [-0.25, -0.2) is 0 Å². The van der Waals surface area contributed by atoms with Gasteiger partial charge in [-0.3, -0.25) is 0 Å². The Kier molecular flexibility index (Phi) is 6.00. The molecule has 1 aliphatic rings. The van der Waals surface area contributed by atoms with E-state index in [1.165, 1.54) is 11.1 Å². The number of benzene rings is 3. The summed E-state index contributed by atoms with van der Waals surface area (Å²) in [5, 5.41) is 9.72. The number of nitrogens with zero attached hydrogens (tertiary/aromatic N) is 1. The second kappa shape index (κ2) is 8.44. The minimum atomic E-state index is 0. The molecule has 1 N–H and O–H groups in total. The van der Waals surface area contributed by atoms with Crippen LogP contribution in [-0.2, 0) is 6.42 Å². The molecule has 1 unspecified atom stereocenters. The van der Waals surface area contributed by atoms with Crippen molar-refractivity contribution in [2.45, 2.75) is 12.5 Å². The fourth-order valence-corrected chi connectivity index (χ4v) is 3.80. The molecule has 0 amide bonds. The predicted molar refractivity (Wildman–Crippen MR) is 114 cm³/mol. The van der Waals surface area contributed by atoms with E-state index < -0.39 is 0 Å². The third-order valence-electron chi connectivity index (χ3n) is 5.19. The largest absolute Gasteiger partial charge is 0.508 e. The molecule has 1 aliphatic heterocycles. The second-order valence-electron chi connectivity index (χ2n) is 6.70. The molecule has 0 fully saturated rings. The second-order valence-corrected chi connectivity index (χ2v) is 6.70. The Balaban J connectivity index is 0.00000225. The van der Waals surface area contributed by atoms with Crippen LogP contribution in [0.4, 0.5) is 5.69 Å². The first-order chi connectivity index (χ1) is 13.2. The van der Waals surface area contributed by atoms with Crippen molar-refractivity contribution in [2.24, 2.45) is 0 Å². The fraction of sp³-hybridized carbons (Fsp3) is 0.217. The number of ether oxygens (including phenoxy) is 2. The summed E-state index contributed by atoms with van der Waals surface area (Å²) in [7, 11) is 3.38. The van der Waals surface area contributed by atoms with Crippen molar-refractivity contribution in [1.29, 1.82) is 0 Å². The van der Waals surface area contributed by atoms with Crippen LogP contribution in [0.25, 0.3) is 0 Å². The highest BCUT2D eigenvalue weighted by molar-refractivity contribution is 5.85. The molecule has 5 heteroatoms. The van der Waals surface area contributed by atoms with E-state index in [2.05, 4.69) is 29.2 Å². The van der Waals surface area contributed by atoms with Gasteiger partial charge in [0.25, 0.3) is 0 Å². The number of halogens is 1. The minimum Gasteiger partial charge on any atom is -0.508 e. The molecule has 0 saturated heterocycles. The van der Waals surface area contributed by atoms with Gasteiger partial charge in [0.2, 0.25) is 0 Å². The van der Waals surface area contributed by atoms with Crippen molar-refractivity contribution in [3.63, 3.8) is 0 Å². The fourth-order valence-electron chi connectivity index (χ4n) is 3.80. The Bertz CT molecular complexity index is 926. The Morgan fingerprint density at radius 1 is 0.857 bits per heavy atom. The van der Waals surface area contributed by atoms with E-state index in [1.807, 2.05) is 30.3 Å². The number of aromatic hydroxyl groups is 1. The van der Waals surface area contributed by atoms with Crippen molar-refractivity contribution >= 4 is 18.1 Å². The number of rotatable bonds is 4. The number of hydrogen-bond acceptors (Lipinski definition) is 4. The highest BCUT2D eigenvalue weighted by Crippen LogP contribution is 2.40. The first kappa shape index (κ1) is 19.9. The smallest absolute Gasteiger partial charge is 0.119 e. The van der Waals surface area contributed by atoms with Gasteiger partial charge in [0.05, 0.1) is 20.3 Å². The lowest BCUT2D eigenvalue weighted by Crippen LogP contribution is -2.36. The minimum absolute atomic E-state index is 0. The Hall–Kier alpha value is -2.85. The number of hydrogen-bond donors (Lipinski definition) is 1. The molecule has 0 radical (unpaired) electrons. The van der Waals surface area contributed by atoms with Crippen LogP contribution in [0.3, 0.4) is 0 Å². The molecule has 0 aliphatic carbocycles. The van der Waals surface area contributed by atoms with Gasteiger partial charge in [0, 0.05) is 12.2 Å². The highest BCUT2D eigenvalue weighted by atomic mass is 35.5. The molecule has 0 aromatic heterocycles. The Morgan fingerprint density at radius 2 is 1.50 bits per heavy atom. The lowest BCUT2D eigenvalue weighted by molar-refractivity contribution is 0.413. The summed E-state index contributed by atoms with van der Waals surface area (Å²) in [4.78, 5) is 2.40. The van der Waals surface area contributed by atoms with Crippen LogP contribution in [0, 0.1) is 0 Å². The maximum Gasteiger partial charge on any atom is 0.119 e. The molecule has 1 heterocycles. The van der Waals surface area contributed by atoms with Gasteiger partial charge < -0.3 is 19.5 Å². The summed E-state index contributed by atoms with van der Waals surface area (Å²) in [5.74, 6) is 2.01. The maximum atomic E-state index is 9.72. The van der Waals surface area contributed by atoms with Crippen LogP contribution in [0.15, 0.2) is 66.7 Å². The number of phenolic OH excluding ortho intramolecular Hbond substituents is 1. The van der Waals surface area contributed by atoms with Crippen LogP contribution >= 0.6 is 12.4 Å². The SMILES string of the molecule is COc1ccc(N2CCc3cc(OC)ccc3C2c2ccc(O)cc2)cc1.Cl. The van der Waals surface area contributed by atoms with E-state index in [9.17, 15) is 5.11 Å². The topological polar surface area (TPSA) is 41.9 Å². The van der Waals surface area contributed by atoms with E-state index >= 15 is 0 Å². The van der Waals surface area contributed by atoms with Crippen molar-refractivity contribution in [3.8, 4) is 17.2 Å². The van der Waals surface area contributed by atoms with E-state index in [0.29, 0.717) is 0 Å². The summed E-state index contributed by atoms with van der Waals surface area (Å²) in [6, 6.07) is 22.1. The molecule has 146 valence electrons. The Morgan fingerprint density at radius 3 is 2.14 bits per heavy atom. The predicted octanol–water partition coefficient (Wildman–Crippen LogP) is 4.98. The monoisotopic (exact) mass is 397 g/mol. The Labute approximate surface area is 171 Å². The van der Waals surface area contributed by atoms with E-state index in [1.54, 1.807) is 26.4 Å². The van der Waals surface area contributed by atoms with Crippen LogP contribution < -0.4 is 14.4 Å². The zero-order chi connectivity index (χ0) is 18.8. The van der Waals surface area contributed by atoms with Crippen LogP contribution in [0.5, 0.6) is 17.2 Å². The highest BCUT2D eigenvalue weighted by Gasteiger charge is 2.29. The molecular formula is C23H24ClNO3. The van der Waals surface area contributed by atoms with Gasteiger partial charge >= 0.3 is 0 Å². The van der Waals surface area contributed by atoms with E-state index in [0.717, 1.165) is 35.7 Å². The summed E-state index contributed by atoms with van der Waals surface area (Å²) in [6.45, 7) is 0.901. The zero-order valence-electron chi connectivity index (χ0n) is 16.0. The summed E-state index contributed by atoms with van der Waals surface area (Å²) < 4.78 is 10.7. The van der Waals surface area contributed by atoms with Gasteiger partial charge in [0.15, 0.2) is 0 Å². The maximum absolute atomic E-state index is 9.72. The zero-order valence-corrected chi connectivity index (χ0v) is 16.8. The van der Waals surface area contributed by atoms with Crippen molar-refractivity contribution in [1.82, 2.24) is 0 Å². The molecule has 0 spiro atoms. The molecule has 3 aromatic rings. The normalized spacial score (nSPS) is 15.4.